The van der Waals surface area contributed by atoms with Crippen molar-refractivity contribution in [1.29, 1.82) is 0 Å². The second-order valence-corrected chi connectivity index (χ2v) is 4.31. The summed E-state index contributed by atoms with van der Waals surface area (Å²) in [5, 5.41) is 13.0. The van der Waals surface area contributed by atoms with Gasteiger partial charge in [-0.25, -0.2) is 0 Å². The molecule has 0 spiro atoms. The van der Waals surface area contributed by atoms with Crippen molar-refractivity contribution in [3.05, 3.63) is 48.5 Å². The zero-order valence-corrected chi connectivity index (χ0v) is 12.8. The molecule has 0 amide bonds. The number of carbonyl (C=O) groups excluding carboxylic acids is 1. The van der Waals surface area contributed by atoms with Crippen molar-refractivity contribution in [3.8, 4) is 0 Å². The summed E-state index contributed by atoms with van der Waals surface area (Å²) in [5.41, 5.74) is 2.14. The molecule has 0 aliphatic rings. The van der Waals surface area contributed by atoms with Crippen LogP contribution in [0.1, 0.15) is 6.42 Å². The molecule has 0 saturated carbocycles. The fourth-order valence-electron chi connectivity index (χ4n) is 2.45. The van der Waals surface area contributed by atoms with Gasteiger partial charge in [-0.3, -0.25) is 0 Å². The third-order valence-corrected chi connectivity index (χ3v) is 3.22. The molecule has 0 aliphatic carbocycles. The first-order valence-electron chi connectivity index (χ1n) is 5.93. The molecule has 0 unspecified atom stereocenters. The van der Waals surface area contributed by atoms with Crippen molar-refractivity contribution in [2.24, 2.45) is 0 Å². The van der Waals surface area contributed by atoms with Crippen molar-refractivity contribution in [2.75, 3.05) is 0 Å². The summed E-state index contributed by atoms with van der Waals surface area (Å²) in [6.45, 7) is 0.441. The van der Waals surface area contributed by atoms with Gasteiger partial charge in [0.05, 0.1) is 0 Å². The number of rotatable bonds is 3. The molecule has 2 aromatic carbocycles. The van der Waals surface area contributed by atoms with E-state index in [9.17, 15) is 9.90 Å². The van der Waals surface area contributed by atoms with Crippen molar-refractivity contribution in [3.63, 3.8) is 0 Å². The fraction of sp³-hybridized carbons (Fsp3) is 0.133. The number of hydrogen-bond acceptors (Lipinski definition) is 2. The summed E-state index contributed by atoms with van der Waals surface area (Å²) in [4.78, 5) is 10.6. The smallest absolute Gasteiger partial charge is 0.550 e. The Hall–Kier alpha value is -1.29. The Labute approximate surface area is 133 Å². The van der Waals surface area contributed by atoms with E-state index in [1.54, 1.807) is 0 Å². The van der Waals surface area contributed by atoms with Crippen molar-refractivity contribution >= 4 is 27.8 Å². The minimum atomic E-state index is -1.02. The number of aliphatic carboxylic acids is 1. The number of carbonyl (C=O) groups is 1. The number of carboxylic acid groups (broad SMARTS) is 1. The van der Waals surface area contributed by atoms with Crippen LogP contribution in [0.25, 0.3) is 21.8 Å². The van der Waals surface area contributed by atoms with Crippen LogP contribution in [0.2, 0.25) is 0 Å². The average Bonchev–Trinajstić information content (AvgIpc) is 2.71. The second-order valence-electron chi connectivity index (χ2n) is 4.31. The van der Waals surface area contributed by atoms with E-state index in [0.717, 1.165) is 21.8 Å². The summed E-state index contributed by atoms with van der Waals surface area (Å²) in [7, 11) is 0. The van der Waals surface area contributed by atoms with Crippen molar-refractivity contribution in [1.82, 2.24) is 4.57 Å². The molecule has 19 heavy (non-hydrogen) atoms. The third kappa shape index (κ3) is 2.54. The summed E-state index contributed by atoms with van der Waals surface area (Å²) in [6, 6.07) is 16.1. The van der Waals surface area contributed by atoms with Crippen LogP contribution in [-0.4, -0.2) is 10.5 Å². The number of benzene rings is 2. The van der Waals surface area contributed by atoms with Gasteiger partial charge in [-0.15, -0.1) is 0 Å². The number of para-hydroxylation sites is 2. The molecule has 0 aliphatic heterocycles. The minimum absolute atomic E-state index is 0. The van der Waals surface area contributed by atoms with Crippen LogP contribution in [-0.2, 0) is 11.3 Å². The Morgan fingerprint density at radius 3 is 1.89 bits per heavy atom. The minimum Gasteiger partial charge on any atom is -0.550 e. The van der Waals surface area contributed by atoms with Crippen LogP contribution in [0.5, 0.6) is 0 Å². The zero-order chi connectivity index (χ0) is 12.5. The van der Waals surface area contributed by atoms with E-state index in [4.69, 9.17) is 0 Å². The monoisotopic (exact) mass is 261 g/mol. The molecule has 90 valence electrons. The summed E-state index contributed by atoms with van der Waals surface area (Å²) in [6.07, 6.45) is 0.0304. The second kappa shape index (κ2) is 5.78. The normalized spacial score (nSPS) is 10.5. The third-order valence-electron chi connectivity index (χ3n) is 3.22. The SMILES string of the molecule is O=C([O-])CCn1c2ccccc2c2ccccc21.[Na+]. The van der Waals surface area contributed by atoms with Gasteiger partial charge in [0.25, 0.3) is 0 Å². The van der Waals surface area contributed by atoms with Crippen molar-refractivity contribution in [2.45, 2.75) is 13.0 Å². The quantitative estimate of drug-likeness (QED) is 0.564. The molecule has 3 aromatic rings. The van der Waals surface area contributed by atoms with Crippen LogP contribution in [0.15, 0.2) is 48.5 Å². The summed E-state index contributed by atoms with van der Waals surface area (Å²) < 4.78 is 2.04. The van der Waals surface area contributed by atoms with Gasteiger partial charge in [-0.2, -0.15) is 0 Å². The molecule has 0 fully saturated rings. The van der Waals surface area contributed by atoms with Gasteiger partial charge in [0, 0.05) is 40.7 Å². The van der Waals surface area contributed by atoms with Gasteiger partial charge in [0.1, 0.15) is 0 Å². The van der Waals surface area contributed by atoms with Crippen LogP contribution < -0.4 is 34.7 Å². The molecule has 0 radical (unpaired) electrons. The van der Waals surface area contributed by atoms with Crippen LogP contribution >= 0.6 is 0 Å². The Balaban J connectivity index is 0.00000133. The van der Waals surface area contributed by atoms with Gasteiger partial charge in [-0.1, -0.05) is 36.4 Å². The number of hydrogen-bond donors (Lipinski definition) is 0. The maximum absolute atomic E-state index is 10.6. The molecule has 1 heterocycles. The maximum Gasteiger partial charge on any atom is 1.00 e. The van der Waals surface area contributed by atoms with Gasteiger partial charge < -0.3 is 14.5 Å². The molecular weight excluding hydrogens is 249 g/mol. The van der Waals surface area contributed by atoms with E-state index in [-0.39, 0.29) is 36.0 Å². The van der Waals surface area contributed by atoms with Crippen molar-refractivity contribution < 1.29 is 39.5 Å². The molecule has 0 atom stereocenters. The molecule has 3 nitrogen and oxygen atoms in total. The fourth-order valence-corrected chi connectivity index (χ4v) is 2.45. The van der Waals surface area contributed by atoms with Gasteiger partial charge >= 0.3 is 29.6 Å². The molecule has 0 saturated heterocycles. The topological polar surface area (TPSA) is 45.1 Å². The Bertz CT molecular complexity index is 680. The van der Waals surface area contributed by atoms with E-state index in [0.29, 0.717) is 6.54 Å². The Morgan fingerprint density at radius 1 is 0.947 bits per heavy atom. The molecule has 4 heteroatoms. The zero-order valence-electron chi connectivity index (χ0n) is 10.8. The number of aryl methyl sites for hydroxylation is 1. The molecular formula is C15H12NNaO2. The largest absolute Gasteiger partial charge is 1.00 e. The maximum atomic E-state index is 10.6. The standard InChI is InChI=1S/C15H13NO2.Na/c17-15(18)9-10-16-13-7-3-1-5-11(13)12-6-2-4-8-14(12)16;/h1-8H,9-10H2,(H,17,18);/q;+1/p-1. The number of aromatic nitrogens is 1. The molecule has 1 aromatic heterocycles. The van der Waals surface area contributed by atoms with Crippen LogP contribution in [0, 0.1) is 0 Å². The summed E-state index contributed by atoms with van der Waals surface area (Å²) in [5.74, 6) is -1.02. The van der Waals surface area contributed by atoms with E-state index < -0.39 is 5.97 Å². The molecule has 3 rings (SSSR count). The Kier molecular flexibility index (Phi) is 4.30. The van der Waals surface area contributed by atoms with Crippen LogP contribution in [0.3, 0.4) is 0 Å². The first-order chi connectivity index (χ1) is 8.77. The molecule has 0 bridgehead atoms. The predicted octanol–water partition coefficient (Wildman–Crippen LogP) is -1.06. The number of carboxylic acids is 1. The van der Waals surface area contributed by atoms with Gasteiger partial charge in [0.2, 0.25) is 0 Å². The van der Waals surface area contributed by atoms with Gasteiger partial charge in [0.15, 0.2) is 0 Å². The first kappa shape index (κ1) is 14.1. The summed E-state index contributed by atoms with van der Waals surface area (Å²) >= 11 is 0. The average molecular weight is 261 g/mol. The van der Waals surface area contributed by atoms with E-state index >= 15 is 0 Å². The van der Waals surface area contributed by atoms with E-state index in [2.05, 4.69) is 12.1 Å². The number of nitrogens with zero attached hydrogens (tertiary/aromatic N) is 1. The van der Waals surface area contributed by atoms with E-state index in [1.165, 1.54) is 0 Å². The number of fused-ring (bicyclic) bond motifs is 3. The predicted molar refractivity (Wildman–Crippen MR) is 69.1 cm³/mol. The van der Waals surface area contributed by atoms with Gasteiger partial charge in [-0.05, 0) is 12.1 Å². The Morgan fingerprint density at radius 2 is 1.42 bits per heavy atom. The van der Waals surface area contributed by atoms with Crippen LogP contribution in [0.4, 0.5) is 0 Å². The van der Waals surface area contributed by atoms with E-state index in [1.807, 2.05) is 41.0 Å². The first-order valence-corrected chi connectivity index (χ1v) is 5.93. The molecule has 0 N–H and O–H groups in total.